The van der Waals surface area contributed by atoms with Gasteiger partial charge in [0, 0.05) is 5.92 Å². The summed E-state index contributed by atoms with van der Waals surface area (Å²) in [6.07, 6.45) is 0.842. The second kappa shape index (κ2) is 6.35. The Labute approximate surface area is 130 Å². The van der Waals surface area contributed by atoms with Gasteiger partial charge in [0.25, 0.3) is 0 Å². The summed E-state index contributed by atoms with van der Waals surface area (Å²) in [5.41, 5.74) is 3.57. The van der Waals surface area contributed by atoms with E-state index in [0.29, 0.717) is 0 Å². The first-order valence-corrected chi connectivity index (χ1v) is 7.34. The van der Waals surface area contributed by atoms with Crippen molar-refractivity contribution in [3.05, 3.63) is 95.6 Å². The maximum absolute atomic E-state index is 9.50. The smallest absolute Gasteiger partial charge is 0.115 e. The molecule has 2 N–H and O–H groups in total. The van der Waals surface area contributed by atoms with Gasteiger partial charge in [-0.15, -0.1) is 0 Å². The van der Waals surface area contributed by atoms with Crippen LogP contribution in [0.2, 0.25) is 0 Å². The van der Waals surface area contributed by atoms with E-state index in [2.05, 4.69) is 12.1 Å². The molecule has 0 unspecified atom stereocenters. The molecule has 0 saturated heterocycles. The molecule has 0 amide bonds. The Morgan fingerprint density at radius 1 is 0.591 bits per heavy atom. The minimum Gasteiger partial charge on any atom is -0.508 e. The van der Waals surface area contributed by atoms with Crippen molar-refractivity contribution in [2.45, 2.75) is 12.3 Å². The zero-order valence-corrected chi connectivity index (χ0v) is 12.2. The first-order valence-electron chi connectivity index (χ1n) is 7.34. The van der Waals surface area contributed by atoms with Crippen LogP contribution in [0.3, 0.4) is 0 Å². The van der Waals surface area contributed by atoms with E-state index in [-0.39, 0.29) is 17.4 Å². The van der Waals surface area contributed by atoms with E-state index in [1.165, 1.54) is 11.1 Å². The molecule has 0 aromatic heterocycles. The average molecular weight is 290 g/mol. The van der Waals surface area contributed by atoms with E-state index < -0.39 is 0 Å². The lowest BCUT2D eigenvalue weighted by Crippen LogP contribution is -2.05. The number of hydrogen-bond donors (Lipinski definition) is 2. The lowest BCUT2D eigenvalue weighted by molar-refractivity contribution is 0.474. The van der Waals surface area contributed by atoms with Crippen LogP contribution in [-0.4, -0.2) is 10.2 Å². The van der Waals surface area contributed by atoms with Gasteiger partial charge < -0.3 is 10.2 Å². The molecule has 0 saturated carbocycles. The van der Waals surface area contributed by atoms with Gasteiger partial charge in [0.15, 0.2) is 0 Å². The third-order valence-electron chi connectivity index (χ3n) is 3.87. The number of phenolic OH excluding ortho intramolecular Hbond substituents is 2. The van der Waals surface area contributed by atoms with Crippen molar-refractivity contribution in [1.82, 2.24) is 0 Å². The summed E-state index contributed by atoms with van der Waals surface area (Å²) < 4.78 is 0. The van der Waals surface area contributed by atoms with Crippen molar-refractivity contribution < 1.29 is 10.2 Å². The predicted molar refractivity (Wildman–Crippen MR) is 88.2 cm³/mol. The molecular weight excluding hydrogens is 272 g/mol. The number of phenols is 2. The molecule has 0 bridgehead atoms. The first-order chi connectivity index (χ1) is 10.7. The van der Waals surface area contributed by atoms with Gasteiger partial charge in [-0.05, 0) is 47.4 Å². The van der Waals surface area contributed by atoms with E-state index in [1.54, 1.807) is 24.3 Å². The molecule has 0 aliphatic carbocycles. The summed E-state index contributed by atoms with van der Waals surface area (Å²) >= 11 is 0. The highest BCUT2D eigenvalue weighted by atomic mass is 16.3. The van der Waals surface area contributed by atoms with Gasteiger partial charge in [0.1, 0.15) is 11.5 Å². The largest absolute Gasteiger partial charge is 0.508 e. The predicted octanol–water partition coefficient (Wildman–Crippen LogP) is 4.47. The number of rotatable bonds is 4. The van der Waals surface area contributed by atoms with Crippen LogP contribution in [0, 0.1) is 0 Å². The quantitative estimate of drug-likeness (QED) is 0.744. The van der Waals surface area contributed by atoms with Gasteiger partial charge >= 0.3 is 0 Å². The molecule has 2 heteroatoms. The maximum Gasteiger partial charge on any atom is 0.115 e. The molecule has 1 atom stereocenters. The Morgan fingerprint density at radius 3 is 1.68 bits per heavy atom. The van der Waals surface area contributed by atoms with Crippen molar-refractivity contribution in [3.63, 3.8) is 0 Å². The number of aromatic hydroxyl groups is 2. The number of hydrogen-bond acceptors (Lipinski definition) is 2. The average Bonchev–Trinajstić information content (AvgIpc) is 2.56. The van der Waals surface area contributed by atoms with Crippen molar-refractivity contribution in [3.8, 4) is 11.5 Å². The Morgan fingerprint density at radius 2 is 1.09 bits per heavy atom. The summed E-state index contributed by atoms with van der Waals surface area (Å²) in [6, 6.07) is 25.1. The topological polar surface area (TPSA) is 40.5 Å². The van der Waals surface area contributed by atoms with Gasteiger partial charge in [-0.25, -0.2) is 0 Å². The highest BCUT2D eigenvalue weighted by molar-refractivity contribution is 5.38. The molecule has 2 nitrogen and oxygen atoms in total. The Hall–Kier alpha value is -2.74. The molecule has 0 spiro atoms. The van der Waals surface area contributed by atoms with Gasteiger partial charge in [-0.1, -0.05) is 54.6 Å². The lowest BCUT2D eigenvalue weighted by Gasteiger charge is -2.18. The standard InChI is InChI=1S/C20H18O2/c21-18-10-6-15(7-11-18)14-20(16-4-2-1-3-5-16)17-8-12-19(22)13-9-17/h1-13,20-22H,14H2/t20-/m0/s1. The van der Waals surface area contributed by atoms with Crippen LogP contribution in [0.25, 0.3) is 0 Å². The molecule has 0 heterocycles. The van der Waals surface area contributed by atoms with E-state index in [0.717, 1.165) is 12.0 Å². The van der Waals surface area contributed by atoms with Gasteiger partial charge in [-0.2, -0.15) is 0 Å². The normalized spacial score (nSPS) is 12.0. The first kappa shape index (κ1) is 14.2. The number of benzene rings is 3. The molecule has 0 fully saturated rings. The third kappa shape index (κ3) is 3.29. The minimum absolute atomic E-state index is 0.214. The summed E-state index contributed by atoms with van der Waals surface area (Å²) in [6.45, 7) is 0. The molecule has 0 aliphatic heterocycles. The van der Waals surface area contributed by atoms with Gasteiger partial charge in [0.2, 0.25) is 0 Å². The van der Waals surface area contributed by atoms with Crippen LogP contribution in [0.4, 0.5) is 0 Å². The second-order valence-electron chi connectivity index (χ2n) is 5.43. The molecule has 3 aromatic rings. The van der Waals surface area contributed by atoms with Crippen LogP contribution in [0.5, 0.6) is 11.5 Å². The molecule has 0 radical (unpaired) electrons. The summed E-state index contributed by atoms with van der Waals surface area (Å²) in [4.78, 5) is 0. The Kier molecular flexibility index (Phi) is 4.10. The van der Waals surface area contributed by atoms with Crippen LogP contribution in [0.15, 0.2) is 78.9 Å². The van der Waals surface area contributed by atoms with E-state index in [9.17, 15) is 10.2 Å². The molecule has 22 heavy (non-hydrogen) atoms. The SMILES string of the molecule is Oc1ccc(C[C@@H](c2ccccc2)c2ccc(O)cc2)cc1. The Balaban J connectivity index is 1.96. The van der Waals surface area contributed by atoms with Crippen molar-refractivity contribution >= 4 is 0 Å². The van der Waals surface area contributed by atoms with E-state index in [4.69, 9.17) is 0 Å². The minimum atomic E-state index is 0.214. The molecule has 3 aromatic carbocycles. The van der Waals surface area contributed by atoms with Crippen LogP contribution >= 0.6 is 0 Å². The summed E-state index contributed by atoms with van der Waals surface area (Å²) in [7, 11) is 0. The fourth-order valence-electron chi connectivity index (χ4n) is 2.69. The second-order valence-corrected chi connectivity index (χ2v) is 5.43. The van der Waals surface area contributed by atoms with Crippen LogP contribution < -0.4 is 0 Å². The zero-order valence-electron chi connectivity index (χ0n) is 12.2. The fraction of sp³-hybridized carbons (Fsp3) is 0.100. The van der Waals surface area contributed by atoms with Crippen LogP contribution in [-0.2, 0) is 6.42 Å². The lowest BCUT2D eigenvalue weighted by atomic mass is 9.86. The van der Waals surface area contributed by atoms with Gasteiger partial charge in [0.05, 0.1) is 0 Å². The highest BCUT2D eigenvalue weighted by Crippen LogP contribution is 2.30. The summed E-state index contributed by atoms with van der Waals surface area (Å²) in [5.74, 6) is 0.774. The van der Waals surface area contributed by atoms with E-state index >= 15 is 0 Å². The highest BCUT2D eigenvalue weighted by Gasteiger charge is 2.15. The zero-order chi connectivity index (χ0) is 15.4. The summed E-state index contributed by atoms with van der Waals surface area (Å²) in [5, 5.41) is 18.9. The molecule has 3 rings (SSSR count). The van der Waals surface area contributed by atoms with E-state index in [1.807, 2.05) is 42.5 Å². The molecular formula is C20H18O2. The van der Waals surface area contributed by atoms with Crippen molar-refractivity contribution in [1.29, 1.82) is 0 Å². The fourth-order valence-corrected chi connectivity index (χ4v) is 2.69. The monoisotopic (exact) mass is 290 g/mol. The van der Waals surface area contributed by atoms with Gasteiger partial charge in [-0.3, -0.25) is 0 Å². The Bertz CT molecular complexity index is 716. The van der Waals surface area contributed by atoms with Crippen molar-refractivity contribution in [2.24, 2.45) is 0 Å². The molecule has 0 aliphatic rings. The van der Waals surface area contributed by atoms with Crippen LogP contribution in [0.1, 0.15) is 22.6 Å². The third-order valence-corrected chi connectivity index (χ3v) is 3.87. The molecule has 110 valence electrons. The maximum atomic E-state index is 9.50. The van der Waals surface area contributed by atoms with Crippen molar-refractivity contribution in [2.75, 3.05) is 0 Å².